The average Bonchev–Trinajstić information content (AvgIpc) is 2.89. The summed E-state index contributed by atoms with van der Waals surface area (Å²) in [6.45, 7) is 8.03. The van der Waals surface area contributed by atoms with Crippen LogP contribution in [0.15, 0.2) is 97.3 Å². The molecule has 0 saturated carbocycles. The summed E-state index contributed by atoms with van der Waals surface area (Å²) in [4.78, 5) is 43.9. The molecule has 2 aromatic heterocycles. The standard InChI is InChI=1S/2C12H12N2.4C2H4O2.2Cu/c2*1-10-5-4-6-11(9-10)14-12-7-2-3-8-13-12;4*1-2(3)4;;/h2*2-9H,1H3,(H,13,14);4*1H3,(H,3,4);;/q;;;;;;2*+2/p-4. The molecule has 0 fully saturated rings. The van der Waals surface area contributed by atoms with Crippen LogP contribution in [0.25, 0.3) is 0 Å². The summed E-state index contributed by atoms with van der Waals surface area (Å²) in [6, 6.07) is 28.1. The fourth-order valence-electron chi connectivity index (χ4n) is 2.61. The smallest absolute Gasteiger partial charge is 0.550 e. The number of hydrogen-bond donors (Lipinski definition) is 2. The summed E-state index contributed by atoms with van der Waals surface area (Å²) in [5.41, 5.74) is 4.63. The second-order valence-corrected chi connectivity index (χ2v) is 8.39. The van der Waals surface area contributed by atoms with Crippen LogP contribution in [0.1, 0.15) is 38.8 Å². The van der Waals surface area contributed by atoms with Crippen molar-refractivity contribution in [2.45, 2.75) is 41.5 Å². The molecule has 0 atom stereocenters. The third-order valence-electron chi connectivity index (χ3n) is 3.91. The fraction of sp³-hybridized carbons (Fsp3) is 0.188. The van der Waals surface area contributed by atoms with Crippen molar-refractivity contribution in [3.05, 3.63) is 108 Å². The van der Waals surface area contributed by atoms with Crippen molar-refractivity contribution >= 4 is 46.9 Å². The number of anilines is 4. The summed E-state index contributed by atoms with van der Waals surface area (Å²) in [6.07, 6.45) is 3.55. The van der Waals surface area contributed by atoms with Gasteiger partial charge in [-0.25, -0.2) is 9.97 Å². The maximum atomic E-state index is 8.89. The summed E-state index contributed by atoms with van der Waals surface area (Å²) in [7, 11) is 0. The predicted molar refractivity (Wildman–Crippen MR) is 160 cm³/mol. The maximum absolute atomic E-state index is 8.89. The van der Waals surface area contributed by atoms with Gasteiger partial charge in [0.15, 0.2) is 0 Å². The Hall–Kier alpha value is -4.74. The Morgan fingerprint density at radius 1 is 0.500 bits per heavy atom. The molecule has 12 nitrogen and oxygen atoms in total. The van der Waals surface area contributed by atoms with E-state index in [1.165, 1.54) is 11.1 Å². The first-order valence-corrected chi connectivity index (χ1v) is 12.8. The number of carboxylic acid groups (broad SMARTS) is 4. The molecule has 0 aliphatic rings. The third-order valence-corrected chi connectivity index (χ3v) is 3.91. The molecule has 0 aliphatic heterocycles. The molecule has 0 amide bonds. The number of nitrogens with one attached hydrogen (secondary N) is 2. The van der Waals surface area contributed by atoms with E-state index in [-0.39, 0.29) is 34.1 Å². The molecule has 14 heteroatoms. The van der Waals surface area contributed by atoms with Crippen LogP contribution in [-0.2, 0) is 53.3 Å². The fourth-order valence-corrected chi connectivity index (χ4v) is 2.61. The van der Waals surface area contributed by atoms with E-state index in [1.54, 1.807) is 12.4 Å². The Kier molecular flexibility index (Phi) is 31.7. The monoisotopic (exact) mass is 730 g/mol. The van der Waals surface area contributed by atoms with E-state index in [0.29, 0.717) is 0 Å². The number of hydrogen-bond acceptors (Lipinski definition) is 12. The van der Waals surface area contributed by atoms with Gasteiger partial charge in [0.05, 0.1) is 0 Å². The molecule has 0 aliphatic carbocycles. The van der Waals surface area contributed by atoms with Crippen LogP contribution in [0.5, 0.6) is 0 Å². The van der Waals surface area contributed by atoms with E-state index in [9.17, 15) is 0 Å². The first kappa shape index (κ1) is 48.2. The van der Waals surface area contributed by atoms with Crippen LogP contribution in [0, 0.1) is 13.8 Å². The minimum atomic E-state index is -1.08. The van der Waals surface area contributed by atoms with Crippen molar-refractivity contribution in [3.8, 4) is 0 Å². The molecule has 46 heavy (non-hydrogen) atoms. The molecule has 4 aromatic rings. The number of aromatic nitrogens is 2. The van der Waals surface area contributed by atoms with Gasteiger partial charge >= 0.3 is 34.1 Å². The molecule has 0 saturated heterocycles. The molecule has 4 rings (SSSR count). The van der Waals surface area contributed by atoms with Gasteiger partial charge < -0.3 is 50.2 Å². The quantitative estimate of drug-likeness (QED) is 0.285. The number of aliphatic carboxylic acids is 4. The zero-order chi connectivity index (χ0) is 33.9. The van der Waals surface area contributed by atoms with Crippen LogP contribution in [0.3, 0.4) is 0 Å². The largest absolute Gasteiger partial charge is 2.00 e. The van der Waals surface area contributed by atoms with Gasteiger partial charge in [0, 0.05) is 47.6 Å². The van der Waals surface area contributed by atoms with Crippen molar-refractivity contribution in [3.63, 3.8) is 0 Å². The van der Waals surface area contributed by atoms with Crippen molar-refractivity contribution in [1.82, 2.24) is 9.97 Å². The Bertz CT molecular complexity index is 1250. The van der Waals surface area contributed by atoms with Crippen LogP contribution >= 0.6 is 0 Å². The van der Waals surface area contributed by atoms with Crippen molar-refractivity contribution in [2.24, 2.45) is 0 Å². The van der Waals surface area contributed by atoms with Crippen molar-refractivity contribution in [2.75, 3.05) is 10.6 Å². The van der Waals surface area contributed by atoms with Crippen LogP contribution in [0.2, 0.25) is 0 Å². The number of aryl methyl sites for hydroxylation is 2. The second-order valence-electron chi connectivity index (χ2n) is 8.39. The van der Waals surface area contributed by atoms with Gasteiger partial charge in [0.25, 0.3) is 0 Å². The zero-order valence-corrected chi connectivity index (χ0v) is 27.9. The number of benzene rings is 2. The molecule has 2 N–H and O–H groups in total. The van der Waals surface area contributed by atoms with Gasteiger partial charge in [-0.2, -0.15) is 0 Å². The number of carbonyl (C=O) groups is 4. The molecule has 254 valence electrons. The summed E-state index contributed by atoms with van der Waals surface area (Å²) in [5, 5.41) is 42.0. The Morgan fingerprint density at radius 3 is 1.00 bits per heavy atom. The van der Waals surface area contributed by atoms with E-state index in [0.717, 1.165) is 50.7 Å². The van der Waals surface area contributed by atoms with Gasteiger partial charge in [-0.15, -0.1) is 0 Å². The molecule has 2 heterocycles. The Morgan fingerprint density at radius 2 is 0.783 bits per heavy atom. The van der Waals surface area contributed by atoms with E-state index < -0.39 is 23.9 Å². The molecular weight excluding hydrogens is 695 g/mol. The molecule has 0 bridgehead atoms. The van der Waals surface area contributed by atoms with Crippen LogP contribution < -0.4 is 31.1 Å². The van der Waals surface area contributed by atoms with Gasteiger partial charge in [-0.3, -0.25) is 0 Å². The number of carbonyl (C=O) groups excluding carboxylic acids is 4. The first-order chi connectivity index (χ1) is 20.6. The Balaban J connectivity index is -0.000000257. The Labute approximate surface area is 290 Å². The normalized spacial score (nSPS) is 8.13. The minimum absolute atomic E-state index is 0. The van der Waals surface area contributed by atoms with E-state index in [1.807, 2.05) is 60.7 Å². The van der Waals surface area contributed by atoms with E-state index >= 15 is 0 Å². The van der Waals surface area contributed by atoms with E-state index in [2.05, 4.69) is 58.7 Å². The minimum Gasteiger partial charge on any atom is -0.550 e. The number of carboxylic acids is 4. The van der Waals surface area contributed by atoms with Gasteiger partial charge in [0.1, 0.15) is 11.6 Å². The van der Waals surface area contributed by atoms with Gasteiger partial charge in [-0.1, -0.05) is 36.4 Å². The SMILES string of the molecule is CC(=O)[O-].CC(=O)[O-].CC(=O)[O-].CC(=O)[O-].Cc1cccc(Nc2ccccn2)c1.Cc1cccc(Nc2ccccn2)c1.[Cu+2].[Cu+2]. The zero-order valence-electron chi connectivity index (χ0n) is 26.0. The first-order valence-electron chi connectivity index (χ1n) is 12.8. The van der Waals surface area contributed by atoms with Gasteiger partial charge in [-0.05, 0) is 101 Å². The maximum Gasteiger partial charge on any atom is 2.00 e. The van der Waals surface area contributed by atoms with Gasteiger partial charge in [0.2, 0.25) is 0 Å². The predicted octanol–water partition coefficient (Wildman–Crippen LogP) is 1.29. The van der Waals surface area contributed by atoms with Crippen LogP contribution in [0.4, 0.5) is 23.0 Å². The van der Waals surface area contributed by atoms with Crippen molar-refractivity contribution in [1.29, 1.82) is 0 Å². The van der Waals surface area contributed by atoms with Crippen molar-refractivity contribution < 1.29 is 73.7 Å². The number of nitrogens with zero attached hydrogens (tertiary/aromatic N) is 2. The van der Waals surface area contributed by atoms with Crippen LogP contribution in [-0.4, -0.2) is 33.8 Å². The molecule has 2 aromatic carbocycles. The second kappa shape index (κ2) is 30.3. The number of rotatable bonds is 4. The van der Waals surface area contributed by atoms with E-state index in [4.69, 9.17) is 39.6 Å². The topological polar surface area (TPSA) is 210 Å². The summed E-state index contributed by atoms with van der Waals surface area (Å²) in [5.74, 6) is -2.59. The summed E-state index contributed by atoms with van der Waals surface area (Å²) < 4.78 is 0. The third kappa shape index (κ3) is 37.3. The average molecular weight is 732 g/mol. The molecular formula is C32H36Cu2N4O8. The molecule has 0 spiro atoms. The number of pyridine rings is 2. The molecule has 0 unspecified atom stereocenters. The summed E-state index contributed by atoms with van der Waals surface area (Å²) >= 11 is 0. The molecule has 2 radical (unpaired) electrons.